The Morgan fingerprint density at radius 2 is 1.15 bits per heavy atom. The van der Waals surface area contributed by atoms with Gasteiger partial charge in [0.15, 0.2) is 0 Å². The number of aliphatic carboxylic acids is 3. The lowest BCUT2D eigenvalue weighted by atomic mass is 9.79. The second-order valence-electron chi connectivity index (χ2n) is 17.4. The quantitative estimate of drug-likeness (QED) is 0.0386. The Labute approximate surface area is 387 Å². The van der Waals surface area contributed by atoms with Gasteiger partial charge in [0, 0.05) is 51.4 Å². The number of carboxylic acid groups (broad SMARTS) is 3. The van der Waals surface area contributed by atoms with Gasteiger partial charge in [-0.25, -0.2) is 9.59 Å². The predicted molar refractivity (Wildman–Crippen MR) is 238 cm³/mol. The fourth-order valence-electron chi connectivity index (χ4n) is 7.35. The summed E-state index contributed by atoms with van der Waals surface area (Å²) in [6.07, 6.45) is 4.87. The predicted octanol–water partition coefficient (Wildman–Crippen LogP) is 0.741. The average Bonchev–Trinajstić information content (AvgIpc) is 3.24. The van der Waals surface area contributed by atoms with E-state index in [0.29, 0.717) is 70.9 Å². The van der Waals surface area contributed by atoms with Crippen molar-refractivity contribution in [2.24, 2.45) is 23.2 Å². The van der Waals surface area contributed by atoms with Crippen LogP contribution in [-0.4, -0.2) is 160 Å². The molecule has 1 saturated carbocycles. The Hall–Kier alpha value is -4.93. The summed E-state index contributed by atoms with van der Waals surface area (Å²) in [5.74, 6) is -5.34. The second-order valence-corrected chi connectivity index (χ2v) is 17.4. The van der Waals surface area contributed by atoms with E-state index in [2.05, 4.69) is 31.9 Å². The fraction of sp³-hybridized carbons (Fsp3) is 0.795. The summed E-state index contributed by atoms with van der Waals surface area (Å²) in [7, 11) is 0. The monoisotopic (exact) mass is 945 g/mol. The SMILES string of the molecule is CCC(=O)NCCCCC(NC(=O)COCCOCCNC(=O)COCCOCCNC(=O)CCC(NC(=O)C1CCC(CNC(=O)CC(C)CC(C)(C)CC(=O)O)CC1)C(=O)O)C(=O)O. The minimum Gasteiger partial charge on any atom is -0.481 e. The molecule has 9 N–H and O–H groups in total. The summed E-state index contributed by atoms with van der Waals surface area (Å²) < 4.78 is 21.2. The standard InChI is InChI=1S/C44H76N6O16/c1-5-35(51)45-15-7-6-8-33(42(59)60)49-39(55)29-66-23-21-64-19-17-47-38(54)28-65-22-20-63-18-16-46-36(52)14-13-34(43(61)62)50-41(58)32-11-9-31(10-12-32)27-48-37(53)24-30(2)25-44(3,4)26-40(56)57/h30-34H,5-29H2,1-4H3,(H,45,51)(H,46,52)(H,47,54)(H,48,53)(H,49,55)(H,50,58)(H,56,57)(H,59,60)(H,61,62). The minimum atomic E-state index is -1.24. The number of rotatable bonds is 38. The summed E-state index contributed by atoms with van der Waals surface area (Å²) in [4.78, 5) is 107. The summed E-state index contributed by atoms with van der Waals surface area (Å²) in [5, 5.41) is 44.0. The molecule has 0 heterocycles. The van der Waals surface area contributed by atoms with Crippen molar-refractivity contribution in [3.05, 3.63) is 0 Å². The zero-order valence-electron chi connectivity index (χ0n) is 39.2. The van der Waals surface area contributed by atoms with Crippen LogP contribution in [0.4, 0.5) is 0 Å². The van der Waals surface area contributed by atoms with Crippen LogP contribution >= 0.6 is 0 Å². The summed E-state index contributed by atoms with van der Waals surface area (Å²) in [6, 6.07) is -2.30. The maximum atomic E-state index is 12.9. The van der Waals surface area contributed by atoms with Gasteiger partial charge in [-0.05, 0) is 75.0 Å². The van der Waals surface area contributed by atoms with Crippen LogP contribution in [0.25, 0.3) is 0 Å². The molecule has 378 valence electrons. The average molecular weight is 945 g/mol. The van der Waals surface area contributed by atoms with Crippen molar-refractivity contribution in [1.82, 2.24) is 31.9 Å². The van der Waals surface area contributed by atoms with Crippen LogP contribution < -0.4 is 31.9 Å². The maximum Gasteiger partial charge on any atom is 0.326 e. The molecule has 22 heteroatoms. The van der Waals surface area contributed by atoms with Crippen LogP contribution in [0.1, 0.15) is 111 Å². The van der Waals surface area contributed by atoms with Gasteiger partial charge in [-0.15, -0.1) is 0 Å². The van der Waals surface area contributed by atoms with E-state index in [1.807, 2.05) is 20.8 Å². The minimum absolute atomic E-state index is 0.0218. The molecule has 0 bridgehead atoms. The lowest BCUT2D eigenvalue weighted by molar-refractivity contribution is -0.143. The number of hydrogen-bond acceptors (Lipinski definition) is 13. The molecule has 0 spiro atoms. The smallest absolute Gasteiger partial charge is 0.326 e. The zero-order valence-corrected chi connectivity index (χ0v) is 39.2. The van der Waals surface area contributed by atoms with E-state index in [9.17, 15) is 53.4 Å². The third-order valence-corrected chi connectivity index (χ3v) is 10.7. The molecule has 0 radical (unpaired) electrons. The first kappa shape index (κ1) is 59.1. The Bertz CT molecular complexity index is 1520. The van der Waals surface area contributed by atoms with Crippen molar-refractivity contribution >= 4 is 53.4 Å². The van der Waals surface area contributed by atoms with E-state index in [1.54, 1.807) is 6.92 Å². The van der Waals surface area contributed by atoms with Crippen molar-refractivity contribution in [2.75, 3.05) is 79.0 Å². The molecule has 22 nitrogen and oxygen atoms in total. The molecule has 0 saturated heterocycles. The van der Waals surface area contributed by atoms with Gasteiger partial charge < -0.3 is 66.2 Å². The molecule has 66 heavy (non-hydrogen) atoms. The summed E-state index contributed by atoms with van der Waals surface area (Å²) in [5.41, 5.74) is -0.412. The van der Waals surface area contributed by atoms with Crippen molar-refractivity contribution in [3.8, 4) is 0 Å². The van der Waals surface area contributed by atoms with Crippen molar-refractivity contribution < 1.29 is 77.4 Å². The number of carbonyl (C=O) groups is 9. The molecule has 3 unspecified atom stereocenters. The Balaban J connectivity index is 2.09. The molecule has 1 rings (SSSR count). The molecular weight excluding hydrogens is 869 g/mol. The van der Waals surface area contributed by atoms with Crippen LogP contribution in [0.15, 0.2) is 0 Å². The third kappa shape index (κ3) is 30.3. The number of unbranched alkanes of at least 4 members (excludes halogenated alkanes) is 1. The van der Waals surface area contributed by atoms with Crippen molar-refractivity contribution in [1.29, 1.82) is 0 Å². The molecule has 1 aliphatic carbocycles. The molecule has 0 aromatic rings. The van der Waals surface area contributed by atoms with Crippen LogP contribution in [-0.2, 0) is 62.1 Å². The van der Waals surface area contributed by atoms with Crippen LogP contribution in [0, 0.1) is 23.2 Å². The molecule has 1 fully saturated rings. The summed E-state index contributed by atoms with van der Waals surface area (Å²) in [6.45, 7) is 8.93. The first-order valence-corrected chi connectivity index (χ1v) is 23.0. The third-order valence-electron chi connectivity index (χ3n) is 10.7. The Kier molecular flexibility index (Phi) is 30.8. The molecule has 1 aliphatic rings. The van der Waals surface area contributed by atoms with Gasteiger partial charge >= 0.3 is 17.9 Å². The largest absolute Gasteiger partial charge is 0.481 e. The van der Waals surface area contributed by atoms with Gasteiger partial charge in [0.05, 0.1) is 46.1 Å². The lowest BCUT2D eigenvalue weighted by Gasteiger charge is -2.29. The number of nitrogens with one attached hydrogen (secondary N) is 6. The maximum absolute atomic E-state index is 12.9. The first-order chi connectivity index (χ1) is 31.3. The van der Waals surface area contributed by atoms with E-state index in [0.717, 1.165) is 0 Å². The Morgan fingerprint density at radius 3 is 1.73 bits per heavy atom. The topological polar surface area (TPSA) is 323 Å². The summed E-state index contributed by atoms with van der Waals surface area (Å²) >= 11 is 0. The number of carboxylic acids is 3. The van der Waals surface area contributed by atoms with E-state index in [1.165, 1.54) is 0 Å². The van der Waals surface area contributed by atoms with Gasteiger partial charge in [-0.2, -0.15) is 0 Å². The highest BCUT2D eigenvalue weighted by Gasteiger charge is 2.30. The van der Waals surface area contributed by atoms with Crippen molar-refractivity contribution in [3.63, 3.8) is 0 Å². The number of carbonyl (C=O) groups excluding carboxylic acids is 6. The van der Waals surface area contributed by atoms with E-state index in [-0.39, 0.29) is 133 Å². The molecule has 6 amide bonds. The van der Waals surface area contributed by atoms with Crippen molar-refractivity contribution in [2.45, 2.75) is 123 Å². The first-order valence-electron chi connectivity index (χ1n) is 23.0. The fourth-order valence-corrected chi connectivity index (χ4v) is 7.35. The molecule has 0 aromatic carbocycles. The number of ether oxygens (including phenoxy) is 4. The van der Waals surface area contributed by atoms with Gasteiger partial charge in [-0.1, -0.05) is 27.7 Å². The van der Waals surface area contributed by atoms with Gasteiger partial charge in [0.1, 0.15) is 25.3 Å². The van der Waals surface area contributed by atoms with E-state index < -0.39 is 47.2 Å². The van der Waals surface area contributed by atoms with Crippen LogP contribution in [0.3, 0.4) is 0 Å². The molecule has 0 aliphatic heterocycles. The van der Waals surface area contributed by atoms with Crippen LogP contribution in [0.2, 0.25) is 0 Å². The molecule has 3 atom stereocenters. The lowest BCUT2D eigenvalue weighted by Crippen LogP contribution is -2.45. The van der Waals surface area contributed by atoms with Crippen LogP contribution in [0.5, 0.6) is 0 Å². The van der Waals surface area contributed by atoms with Gasteiger partial charge in [0.2, 0.25) is 35.4 Å². The highest BCUT2D eigenvalue weighted by Crippen LogP contribution is 2.31. The Morgan fingerprint density at radius 1 is 0.606 bits per heavy atom. The highest BCUT2D eigenvalue weighted by molar-refractivity contribution is 5.86. The van der Waals surface area contributed by atoms with E-state index in [4.69, 9.17) is 24.1 Å². The second kappa shape index (κ2) is 34.4. The van der Waals surface area contributed by atoms with Gasteiger partial charge in [-0.3, -0.25) is 33.6 Å². The van der Waals surface area contributed by atoms with Gasteiger partial charge in [0.25, 0.3) is 0 Å². The molecular formula is C44H76N6O16. The molecule has 0 aromatic heterocycles. The normalized spacial score (nSPS) is 16.2. The number of hydrogen-bond donors (Lipinski definition) is 9. The number of amides is 6. The zero-order chi connectivity index (χ0) is 49.3. The highest BCUT2D eigenvalue weighted by atomic mass is 16.5. The van der Waals surface area contributed by atoms with E-state index >= 15 is 0 Å².